The van der Waals surface area contributed by atoms with Gasteiger partial charge in [-0.25, -0.2) is 0 Å². The van der Waals surface area contributed by atoms with Gasteiger partial charge in [-0.15, -0.1) is 0 Å². The number of alkyl halides is 3. The Morgan fingerprint density at radius 3 is 1.80 bits per heavy atom. The van der Waals surface area contributed by atoms with Gasteiger partial charge in [0.1, 0.15) is 0 Å². The second-order valence-electron chi connectivity index (χ2n) is 1.59. The van der Waals surface area contributed by atoms with Crippen molar-refractivity contribution < 1.29 is 17.9 Å². The molecule has 0 bridgehead atoms. The molecule has 0 amide bonds. The highest BCUT2D eigenvalue weighted by Crippen LogP contribution is 2.19. The molecule has 64 valence electrons. The zero-order valence-corrected chi connectivity index (χ0v) is 6.46. The van der Waals surface area contributed by atoms with E-state index in [1.807, 2.05) is 0 Å². The molecule has 0 fully saturated rings. The molecule has 0 heterocycles. The third kappa shape index (κ3) is 7.75. The summed E-state index contributed by atoms with van der Waals surface area (Å²) in [6.07, 6.45) is -2.65. The monoisotopic (exact) mass is 158 g/mol. The van der Waals surface area contributed by atoms with E-state index in [-0.39, 0.29) is 6.42 Å². The third-order valence-corrected chi connectivity index (χ3v) is 0.840. The summed E-state index contributed by atoms with van der Waals surface area (Å²) in [5.41, 5.74) is 0. The average molecular weight is 158 g/mol. The summed E-state index contributed by atoms with van der Waals surface area (Å²) in [5.74, 6) is 0. The minimum absolute atomic E-state index is 0.191. The van der Waals surface area contributed by atoms with Crippen molar-refractivity contribution in [3.05, 3.63) is 0 Å². The zero-order chi connectivity index (χ0) is 8.62. The number of hydrogen-bond donors (Lipinski definition) is 0. The van der Waals surface area contributed by atoms with E-state index in [4.69, 9.17) is 0 Å². The van der Waals surface area contributed by atoms with Gasteiger partial charge in [0.25, 0.3) is 0 Å². The highest BCUT2D eigenvalue weighted by Gasteiger charge is 2.25. The Morgan fingerprint density at radius 2 is 1.70 bits per heavy atom. The summed E-state index contributed by atoms with van der Waals surface area (Å²) in [7, 11) is 1.51. The number of methoxy groups -OCH3 is 1. The van der Waals surface area contributed by atoms with Crippen molar-refractivity contribution in [1.29, 1.82) is 0 Å². The Hall–Kier alpha value is -0.250. The Kier molecular flexibility index (Phi) is 8.53. The minimum Gasteiger partial charge on any atom is -0.324 e. The Bertz CT molecular complexity index is 66.0. The molecular formula is C6H13F3O. The van der Waals surface area contributed by atoms with Crippen molar-refractivity contribution in [3.63, 3.8) is 0 Å². The molecular weight excluding hydrogens is 145 g/mol. The van der Waals surface area contributed by atoms with Crippen LogP contribution in [0.15, 0.2) is 0 Å². The van der Waals surface area contributed by atoms with Gasteiger partial charge in [-0.2, -0.15) is 8.78 Å². The first-order chi connectivity index (χ1) is 4.62. The normalized spacial score (nSPS) is 10.2. The van der Waals surface area contributed by atoms with Gasteiger partial charge in [-0.1, -0.05) is 6.92 Å². The van der Waals surface area contributed by atoms with Crippen LogP contribution in [-0.2, 0) is 4.74 Å². The van der Waals surface area contributed by atoms with Gasteiger partial charge >= 0.3 is 6.11 Å². The summed E-state index contributed by atoms with van der Waals surface area (Å²) in [6, 6.07) is 0. The van der Waals surface area contributed by atoms with Crippen LogP contribution in [0.4, 0.5) is 13.2 Å². The fourth-order valence-electron chi connectivity index (χ4n) is 0.393. The van der Waals surface area contributed by atoms with Gasteiger partial charge in [-0.05, 0) is 6.42 Å². The molecule has 0 radical (unpaired) electrons. The zero-order valence-electron chi connectivity index (χ0n) is 6.46. The van der Waals surface area contributed by atoms with Gasteiger partial charge in [-0.3, -0.25) is 4.39 Å². The lowest BCUT2D eigenvalue weighted by atomic mass is 10.3. The maximum Gasteiger partial charge on any atom is 0.355 e. The predicted molar refractivity (Wildman–Crippen MR) is 33.9 cm³/mol. The van der Waals surface area contributed by atoms with Crippen molar-refractivity contribution >= 4 is 0 Å². The van der Waals surface area contributed by atoms with Crippen molar-refractivity contribution in [2.45, 2.75) is 25.9 Å². The van der Waals surface area contributed by atoms with E-state index in [1.165, 1.54) is 0 Å². The summed E-state index contributed by atoms with van der Waals surface area (Å²) in [6.45, 7) is 1.69. The van der Waals surface area contributed by atoms with Crippen molar-refractivity contribution in [3.8, 4) is 0 Å². The second kappa shape index (κ2) is 6.86. The Balaban J connectivity index is 0. The minimum atomic E-state index is -2.91. The van der Waals surface area contributed by atoms with Crippen LogP contribution in [0.5, 0.6) is 0 Å². The summed E-state index contributed by atoms with van der Waals surface area (Å²) >= 11 is 0. The van der Waals surface area contributed by atoms with E-state index in [0.29, 0.717) is 13.6 Å². The van der Waals surface area contributed by atoms with Crippen LogP contribution in [0, 0.1) is 0 Å². The van der Waals surface area contributed by atoms with Crippen LogP contribution in [0.1, 0.15) is 19.8 Å². The van der Waals surface area contributed by atoms with Crippen LogP contribution in [0.3, 0.4) is 0 Å². The molecule has 0 aliphatic carbocycles. The quantitative estimate of drug-likeness (QED) is 0.613. The first-order valence-electron chi connectivity index (χ1n) is 2.93. The van der Waals surface area contributed by atoms with Gasteiger partial charge in [0.05, 0.1) is 7.18 Å². The number of ether oxygens (including phenoxy) is 1. The largest absolute Gasteiger partial charge is 0.355 e. The SMILES string of the molecule is CCCC(F)(F)OC.CF. The van der Waals surface area contributed by atoms with E-state index < -0.39 is 6.11 Å². The highest BCUT2D eigenvalue weighted by atomic mass is 19.3. The van der Waals surface area contributed by atoms with Crippen LogP contribution >= 0.6 is 0 Å². The average Bonchev–Trinajstić information content (AvgIpc) is 1.93. The van der Waals surface area contributed by atoms with Crippen molar-refractivity contribution in [2.75, 3.05) is 14.3 Å². The number of rotatable bonds is 3. The lowest BCUT2D eigenvalue weighted by Gasteiger charge is -2.10. The molecule has 0 spiro atoms. The maximum absolute atomic E-state index is 11.9. The lowest BCUT2D eigenvalue weighted by molar-refractivity contribution is -0.225. The molecule has 0 aromatic rings. The number of halogens is 3. The van der Waals surface area contributed by atoms with Crippen LogP contribution in [0.2, 0.25) is 0 Å². The molecule has 0 aliphatic heterocycles. The lowest BCUT2D eigenvalue weighted by Crippen LogP contribution is -2.17. The predicted octanol–water partition coefficient (Wildman–Crippen LogP) is 2.61. The van der Waals surface area contributed by atoms with Gasteiger partial charge in [0, 0.05) is 13.5 Å². The van der Waals surface area contributed by atoms with Gasteiger partial charge < -0.3 is 4.74 Å². The number of hydrogen-bond acceptors (Lipinski definition) is 1. The maximum atomic E-state index is 11.9. The van der Waals surface area contributed by atoms with E-state index in [2.05, 4.69) is 4.74 Å². The summed E-state index contributed by atoms with van der Waals surface area (Å²) < 4.78 is 37.2. The molecule has 0 aliphatic rings. The van der Waals surface area contributed by atoms with Crippen LogP contribution in [0.25, 0.3) is 0 Å². The fraction of sp³-hybridized carbons (Fsp3) is 1.00. The smallest absolute Gasteiger partial charge is 0.324 e. The third-order valence-electron chi connectivity index (χ3n) is 0.840. The standard InChI is InChI=1S/C5H10F2O.CH3F/c1-3-4-5(6,7)8-2;1-2/h3-4H2,1-2H3;1H3. The first-order valence-corrected chi connectivity index (χ1v) is 2.93. The van der Waals surface area contributed by atoms with Crippen LogP contribution < -0.4 is 0 Å². The second-order valence-corrected chi connectivity index (χ2v) is 1.59. The van der Waals surface area contributed by atoms with Crippen LogP contribution in [-0.4, -0.2) is 20.4 Å². The summed E-state index contributed by atoms with van der Waals surface area (Å²) in [5, 5.41) is 0. The molecule has 0 saturated heterocycles. The highest BCUT2D eigenvalue weighted by molar-refractivity contribution is 4.47. The van der Waals surface area contributed by atoms with Crippen molar-refractivity contribution in [1.82, 2.24) is 0 Å². The van der Waals surface area contributed by atoms with Crippen molar-refractivity contribution in [2.24, 2.45) is 0 Å². The molecule has 1 nitrogen and oxygen atoms in total. The topological polar surface area (TPSA) is 9.23 Å². The molecule has 0 aromatic carbocycles. The molecule has 4 heteroatoms. The molecule has 0 aromatic heterocycles. The molecule has 0 unspecified atom stereocenters. The van der Waals surface area contributed by atoms with E-state index in [0.717, 1.165) is 7.11 Å². The molecule has 0 rings (SSSR count). The van der Waals surface area contributed by atoms with Gasteiger partial charge in [0.2, 0.25) is 0 Å². The molecule has 0 N–H and O–H groups in total. The molecule has 0 saturated carbocycles. The van der Waals surface area contributed by atoms with Gasteiger partial charge in [0.15, 0.2) is 0 Å². The first kappa shape index (κ1) is 12.4. The van der Waals surface area contributed by atoms with E-state index in [9.17, 15) is 13.2 Å². The summed E-state index contributed by atoms with van der Waals surface area (Å²) in [4.78, 5) is 0. The molecule has 10 heavy (non-hydrogen) atoms. The van der Waals surface area contributed by atoms with E-state index >= 15 is 0 Å². The fourth-order valence-corrected chi connectivity index (χ4v) is 0.393. The van der Waals surface area contributed by atoms with E-state index in [1.54, 1.807) is 6.92 Å². The molecule has 0 atom stereocenters. The Morgan fingerprint density at radius 1 is 1.30 bits per heavy atom. The Labute approximate surface area is 59.2 Å².